The van der Waals surface area contributed by atoms with Crippen LogP contribution in [-0.4, -0.2) is 29.0 Å². The van der Waals surface area contributed by atoms with Gasteiger partial charge in [-0.3, -0.25) is 9.59 Å². The Morgan fingerprint density at radius 3 is 2.96 bits per heavy atom. The van der Waals surface area contributed by atoms with Crippen LogP contribution in [0.2, 0.25) is 0 Å². The van der Waals surface area contributed by atoms with Crippen LogP contribution >= 0.6 is 11.3 Å². The highest BCUT2D eigenvalue weighted by Gasteiger charge is 2.28. The fourth-order valence-electron chi connectivity index (χ4n) is 3.83. The molecule has 0 spiro atoms. The number of aromatic nitrogens is 2. The topological polar surface area (TPSA) is 93.3 Å². The molecule has 6 nitrogen and oxygen atoms in total. The van der Waals surface area contributed by atoms with Crippen LogP contribution in [0, 0.1) is 18.8 Å². The summed E-state index contributed by atoms with van der Waals surface area (Å²) in [6.07, 6.45) is 3.86. The van der Waals surface area contributed by atoms with Gasteiger partial charge in [0, 0.05) is 4.88 Å². The van der Waals surface area contributed by atoms with Crippen molar-refractivity contribution in [1.29, 1.82) is 0 Å². The number of amides is 1. The van der Waals surface area contributed by atoms with Crippen LogP contribution in [0.15, 0.2) is 4.79 Å². The van der Waals surface area contributed by atoms with E-state index < -0.39 is 0 Å². The lowest BCUT2D eigenvalue weighted by Gasteiger charge is -2.27. The number of likely N-dealkylation sites (tertiary alicyclic amines) is 1. The highest BCUT2D eigenvalue weighted by Crippen LogP contribution is 2.29. The van der Waals surface area contributed by atoms with Gasteiger partial charge >= 0.3 is 0 Å². The lowest BCUT2D eigenvalue weighted by atomic mass is 9.97. The minimum Gasteiger partial charge on any atom is -0.369 e. The molecule has 142 valence electrons. The predicted molar refractivity (Wildman–Crippen MR) is 104 cm³/mol. The smallest absolute Gasteiger partial charge is 0.260 e. The number of fused-ring (bicyclic) bond motifs is 1. The summed E-state index contributed by atoms with van der Waals surface area (Å²) in [6, 6.07) is 0. The number of thiophene rings is 1. The Hall–Kier alpha value is -1.73. The number of rotatable bonds is 6. The Labute approximate surface area is 157 Å². The van der Waals surface area contributed by atoms with Crippen LogP contribution in [0.5, 0.6) is 0 Å². The second kappa shape index (κ2) is 7.88. The Morgan fingerprint density at radius 1 is 1.50 bits per heavy atom. The highest BCUT2D eigenvalue weighted by molar-refractivity contribution is 7.18. The summed E-state index contributed by atoms with van der Waals surface area (Å²) >= 11 is 1.61. The van der Waals surface area contributed by atoms with Gasteiger partial charge in [0.25, 0.3) is 5.56 Å². The van der Waals surface area contributed by atoms with E-state index in [0.29, 0.717) is 18.3 Å². The monoisotopic (exact) mass is 377 g/mol. The number of nitrogens with one attached hydrogen (secondary N) is 2. The maximum absolute atomic E-state index is 12.7. The second-order valence-corrected chi connectivity index (χ2v) is 8.87. The first kappa shape index (κ1) is 19.0. The minimum atomic E-state index is -0.220. The molecule has 0 aliphatic carbocycles. The van der Waals surface area contributed by atoms with Gasteiger partial charge in [-0.05, 0) is 37.7 Å². The third-order valence-electron chi connectivity index (χ3n) is 5.60. The molecule has 0 aromatic carbocycles. The van der Waals surface area contributed by atoms with E-state index in [0.717, 1.165) is 54.6 Å². The third kappa shape index (κ3) is 3.99. The van der Waals surface area contributed by atoms with Crippen molar-refractivity contribution in [3.63, 3.8) is 0 Å². The van der Waals surface area contributed by atoms with Gasteiger partial charge in [-0.15, -0.1) is 11.3 Å². The zero-order chi connectivity index (χ0) is 18.8. The molecule has 0 bridgehead atoms. The molecule has 1 saturated heterocycles. The molecule has 4 N–H and O–H groups in total. The summed E-state index contributed by atoms with van der Waals surface area (Å²) in [5.74, 6) is 0.969. The number of H-pyrrole nitrogens is 1. The van der Waals surface area contributed by atoms with Gasteiger partial charge in [-0.1, -0.05) is 20.3 Å². The van der Waals surface area contributed by atoms with E-state index in [9.17, 15) is 9.59 Å². The first-order chi connectivity index (χ1) is 12.4. The lowest BCUT2D eigenvalue weighted by Crippen LogP contribution is -3.12. The molecule has 0 radical (unpaired) electrons. The zero-order valence-corrected chi connectivity index (χ0v) is 16.7. The number of nitrogens with zero attached hydrogens (tertiary/aromatic N) is 1. The number of aromatic amines is 1. The van der Waals surface area contributed by atoms with E-state index in [-0.39, 0.29) is 17.4 Å². The van der Waals surface area contributed by atoms with E-state index in [1.807, 2.05) is 0 Å². The SMILES string of the molecule is CC[C@@H](C)Cc1c(C)sc2nc(C[NH+]3CCC[C@H](C(N)=O)C3)[nH]c(=O)c12. The van der Waals surface area contributed by atoms with Gasteiger partial charge in [0.05, 0.1) is 24.4 Å². The van der Waals surface area contributed by atoms with E-state index in [4.69, 9.17) is 10.7 Å². The number of carbonyl (C=O) groups excluding carboxylic acids is 1. The summed E-state index contributed by atoms with van der Waals surface area (Å²) in [4.78, 5) is 35.2. The normalized spacial score (nSPS) is 21.8. The van der Waals surface area contributed by atoms with Crippen molar-refractivity contribution in [3.8, 4) is 0 Å². The number of aryl methyl sites for hydroxylation is 1. The molecule has 2 aromatic heterocycles. The lowest BCUT2D eigenvalue weighted by molar-refractivity contribution is -0.921. The molecule has 1 fully saturated rings. The molecule has 7 heteroatoms. The molecular formula is C19H29N4O2S+. The third-order valence-corrected chi connectivity index (χ3v) is 6.64. The van der Waals surface area contributed by atoms with Gasteiger partial charge < -0.3 is 15.6 Å². The molecular weight excluding hydrogens is 348 g/mol. The first-order valence-corrected chi connectivity index (χ1v) is 10.3. The molecule has 1 amide bonds. The maximum Gasteiger partial charge on any atom is 0.260 e. The van der Waals surface area contributed by atoms with Crippen molar-refractivity contribution in [1.82, 2.24) is 9.97 Å². The molecule has 26 heavy (non-hydrogen) atoms. The first-order valence-electron chi connectivity index (χ1n) is 9.53. The molecule has 1 unspecified atom stereocenters. The van der Waals surface area contributed by atoms with Crippen molar-refractivity contribution >= 4 is 27.5 Å². The molecule has 2 aromatic rings. The van der Waals surface area contributed by atoms with Crippen LogP contribution in [0.3, 0.4) is 0 Å². The summed E-state index contributed by atoms with van der Waals surface area (Å²) in [7, 11) is 0. The maximum atomic E-state index is 12.7. The highest BCUT2D eigenvalue weighted by atomic mass is 32.1. The Bertz CT molecular complexity index is 857. The van der Waals surface area contributed by atoms with Gasteiger partial charge in [0.1, 0.15) is 11.4 Å². The van der Waals surface area contributed by atoms with Crippen molar-refractivity contribution in [2.45, 2.75) is 53.0 Å². The second-order valence-electron chi connectivity index (χ2n) is 7.67. The zero-order valence-electron chi connectivity index (χ0n) is 15.9. The molecule has 3 rings (SSSR count). The number of quaternary nitrogens is 1. The van der Waals surface area contributed by atoms with Crippen molar-refractivity contribution in [3.05, 3.63) is 26.6 Å². The van der Waals surface area contributed by atoms with Crippen LogP contribution in [-0.2, 0) is 17.8 Å². The number of hydrogen-bond acceptors (Lipinski definition) is 4. The number of carbonyl (C=O) groups is 1. The van der Waals surface area contributed by atoms with Crippen LogP contribution in [0.1, 0.15) is 49.4 Å². The van der Waals surface area contributed by atoms with Crippen molar-refractivity contribution in [2.75, 3.05) is 13.1 Å². The number of primary amides is 1. The van der Waals surface area contributed by atoms with E-state index >= 15 is 0 Å². The summed E-state index contributed by atoms with van der Waals surface area (Å²) in [5.41, 5.74) is 6.59. The van der Waals surface area contributed by atoms with Crippen LogP contribution in [0.25, 0.3) is 10.2 Å². The Morgan fingerprint density at radius 2 is 2.27 bits per heavy atom. The quantitative estimate of drug-likeness (QED) is 0.705. The number of hydrogen-bond donors (Lipinski definition) is 3. The minimum absolute atomic E-state index is 0.0319. The van der Waals surface area contributed by atoms with Crippen molar-refractivity contribution in [2.24, 2.45) is 17.6 Å². The summed E-state index contributed by atoms with van der Waals surface area (Å²) in [5, 5.41) is 0.764. The van der Waals surface area contributed by atoms with Gasteiger partial charge in [0.15, 0.2) is 5.82 Å². The van der Waals surface area contributed by atoms with Gasteiger partial charge in [0.2, 0.25) is 5.91 Å². The number of nitrogens with two attached hydrogens (primary N) is 1. The summed E-state index contributed by atoms with van der Waals surface area (Å²) in [6.45, 7) is 8.81. The Kier molecular flexibility index (Phi) is 5.77. The fraction of sp³-hybridized carbons (Fsp3) is 0.632. The van der Waals surface area contributed by atoms with Crippen LogP contribution in [0.4, 0.5) is 0 Å². The molecule has 0 saturated carbocycles. The van der Waals surface area contributed by atoms with E-state index in [1.54, 1.807) is 11.3 Å². The summed E-state index contributed by atoms with van der Waals surface area (Å²) < 4.78 is 0. The predicted octanol–water partition coefficient (Wildman–Crippen LogP) is 1.16. The van der Waals surface area contributed by atoms with E-state index in [2.05, 4.69) is 25.8 Å². The average Bonchev–Trinajstić information content (AvgIpc) is 2.90. The largest absolute Gasteiger partial charge is 0.369 e. The van der Waals surface area contributed by atoms with Gasteiger partial charge in [-0.25, -0.2) is 4.98 Å². The average molecular weight is 378 g/mol. The molecule has 1 aliphatic heterocycles. The van der Waals surface area contributed by atoms with E-state index in [1.165, 1.54) is 9.78 Å². The fourth-order valence-corrected chi connectivity index (χ4v) is 4.91. The molecule has 1 aliphatic rings. The standard InChI is InChI=1S/C19H28N4O2S/c1-4-11(2)8-14-12(3)26-19-16(14)18(25)21-15(22-19)10-23-7-5-6-13(9-23)17(20)24/h11,13H,4-10H2,1-3H3,(H2,20,24)(H,21,22,25)/p+1/t11-,13+/m1/s1. The molecule has 3 heterocycles. The van der Waals surface area contributed by atoms with Gasteiger partial charge in [-0.2, -0.15) is 0 Å². The van der Waals surface area contributed by atoms with Crippen LogP contribution < -0.4 is 16.2 Å². The Balaban J connectivity index is 1.85. The molecule has 3 atom stereocenters. The number of piperidine rings is 1. The van der Waals surface area contributed by atoms with Crippen molar-refractivity contribution < 1.29 is 9.69 Å².